The van der Waals surface area contributed by atoms with Gasteiger partial charge in [-0.2, -0.15) is 0 Å². The second-order valence-corrected chi connectivity index (χ2v) is 5.85. The zero-order valence-electron chi connectivity index (χ0n) is 9.49. The van der Waals surface area contributed by atoms with Crippen LogP contribution in [0.15, 0.2) is 18.2 Å². The highest BCUT2D eigenvalue weighted by molar-refractivity contribution is 7.15. The molecule has 2 aromatic rings. The third-order valence-electron chi connectivity index (χ3n) is 3.09. The maximum atomic E-state index is 13.0. The highest BCUT2D eigenvalue weighted by atomic mass is 35.5. The summed E-state index contributed by atoms with van der Waals surface area (Å²) in [5.41, 5.74) is 1.49. The Kier molecular flexibility index (Phi) is 3.09. The first-order chi connectivity index (χ1) is 8.65. The monoisotopic (exact) mass is 283 g/mol. The lowest BCUT2D eigenvalue weighted by molar-refractivity contribution is 0.153. The molecule has 2 nitrogen and oxygen atoms in total. The molecular weight excluding hydrogens is 273 g/mol. The molecule has 1 heterocycles. The Bertz CT molecular complexity index is 599. The predicted molar refractivity (Wildman–Crippen MR) is 70.4 cm³/mol. The SMILES string of the molecule is OC1CCCc2sc(-c3ccc(F)cc3Cl)nc21. The third kappa shape index (κ3) is 2.05. The number of rotatable bonds is 1. The summed E-state index contributed by atoms with van der Waals surface area (Å²) < 4.78 is 13.0. The maximum absolute atomic E-state index is 13.0. The van der Waals surface area contributed by atoms with Crippen LogP contribution in [0.5, 0.6) is 0 Å². The second-order valence-electron chi connectivity index (χ2n) is 4.36. The molecule has 18 heavy (non-hydrogen) atoms. The number of hydrogen-bond acceptors (Lipinski definition) is 3. The van der Waals surface area contributed by atoms with E-state index in [-0.39, 0.29) is 5.82 Å². The van der Waals surface area contributed by atoms with Crippen LogP contribution < -0.4 is 0 Å². The van der Waals surface area contributed by atoms with Crippen molar-refractivity contribution in [1.82, 2.24) is 4.98 Å². The largest absolute Gasteiger partial charge is 0.387 e. The lowest BCUT2D eigenvalue weighted by atomic mass is 10.0. The van der Waals surface area contributed by atoms with Crippen molar-refractivity contribution in [1.29, 1.82) is 0 Å². The van der Waals surface area contributed by atoms with Crippen molar-refractivity contribution in [2.45, 2.75) is 25.4 Å². The van der Waals surface area contributed by atoms with Crippen molar-refractivity contribution in [2.24, 2.45) is 0 Å². The number of aryl methyl sites for hydroxylation is 1. The Balaban J connectivity index is 2.07. The minimum absolute atomic E-state index is 0.356. The highest BCUT2D eigenvalue weighted by Crippen LogP contribution is 2.39. The standard InChI is InChI=1S/C13H11ClFNOS/c14-9-6-7(15)4-5-8(9)13-16-12-10(17)2-1-3-11(12)18-13/h4-6,10,17H,1-3H2. The second kappa shape index (κ2) is 4.61. The van der Waals surface area contributed by atoms with Crippen LogP contribution in [0.3, 0.4) is 0 Å². The molecule has 1 aromatic carbocycles. The van der Waals surface area contributed by atoms with Crippen molar-refractivity contribution in [3.05, 3.63) is 39.6 Å². The molecule has 0 spiro atoms. The number of halogens is 2. The summed E-state index contributed by atoms with van der Waals surface area (Å²) in [6, 6.07) is 4.29. The zero-order chi connectivity index (χ0) is 12.7. The molecule has 3 rings (SSSR count). The first-order valence-electron chi connectivity index (χ1n) is 5.78. The average Bonchev–Trinajstić information content (AvgIpc) is 2.74. The molecule has 0 bridgehead atoms. The summed E-state index contributed by atoms with van der Waals surface area (Å²) in [7, 11) is 0. The smallest absolute Gasteiger partial charge is 0.125 e. The van der Waals surface area contributed by atoms with Gasteiger partial charge in [0, 0.05) is 10.4 Å². The van der Waals surface area contributed by atoms with E-state index >= 15 is 0 Å². The third-order valence-corrected chi connectivity index (χ3v) is 4.56. The van der Waals surface area contributed by atoms with Crippen LogP contribution in [0.1, 0.15) is 29.5 Å². The molecule has 0 aliphatic heterocycles. The molecule has 0 saturated carbocycles. The number of thiazole rings is 1. The lowest BCUT2D eigenvalue weighted by Crippen LogP contribution is -2.07. The number of nitrogens with zero attached hydrogens (tertiary/aromatic N) is 1. The predicted octanol–water partition coefficient (Wildman–Crippen LogP) is 3.97. The molecule has 1 N–H and O–H groups in total. The molecule has 1 aliphatic rings. The van der Waals surface area contributed by atoms with Gasteiger partial charge >= 0.3 is 0 Å². The summed E-state index contributed by atoms with van der Waals surface area (Å²) in [6.45, 7) is 0. The minimum atomic E-state index is -0.474. The van der Waals surface area contributed by atoms with E-state index in [0.29, 0.717) is 5.02 Å². The fraction of sp³-hybridized carbons (Fsp3) is 0.308. The summed E-state index contributed by atoms with van der Waals surface area (Å²) in [5.74, 6) is -0.356. The molecule has 94 valence electrons. The lowest BCUT2D eigenvalue weighted by Gasteiger charge is -2.14. The van der Waals surface area contributed by atoms with E-state index in [1.54, 1.807) is 6.07 Å². The number of benzene rings is 1. The van der Waals surface area contributed by atoms with Gasteiger partial charge in [-0.3, -0.25) is 0 Å². The van der Waals surface area contributed by atoms with Gasteiger partial charge in [0.25, 0.3) is 0 Å². The molecule has 5 heteroatoms. The highest BCUT2D eigenvalue weighted by Gasteiger charge is 2.23. The topological polar surface area (TPSA) is 33.1 Å². The van der Waals surface area contributed by atoms with Crippen LogP contribution >= 0.6 is 22.9 Å². The molecular formula is C13H11ClFNOS. The van der Waals surface area contributed by atoms with Crippen molar-refractivity contribution in [3.63, 3.8) is 0 Å². The van der Waals surface area contributed by atoms with Crippen molar-refractivity contribution in [3.8, 4) is 10.6 Å². The van der Waals surface area contributed by atoms with Crippen LogP contribution in [0, 0.1) is 5.82 Å². The molecule has 1 aromatic heterocycles. The normalized spacial score (nSPS) is 18.7. The number of aromatic nitrogens is 1. The summed E-state index contributed by atoms with van der Waals surface area (Å²) >= 11 is 7.56. The molecule has 1 atom stereocenters. The van der Waals surface area contributed by atoms with Gasteiger partial charge in [0.1, 0.15) is 10.8 Å². The molecule has 0 amide bonds. The fourth-order valence-corrected chi connectivity index (χ4v) is 3.68. The maximum Gasteiger partial charge on any atom is 0.125 e. The zero-order valence-corrected chi connectivity index (χ0v) is 11.1. The van der Waals surface area contributed by atoms with E-state index in [2.05, 4.69) is 4.98 Å². The van der Waals surface area contributed by atoms with Gasteiger partial charge in [-0.1, -0.05) is 11.6 Å². The van der Waals surface area contributed by atoms with E-state index in [1.807, 2.05) is 0 Å². The first kappa shape index (κ1) is 12.1. The Labute approximate surface area is 113 Å². The average molecular weight is 284 g/mol. The number of aliphatic hydroxyl groups is 1. The summed E-state index contributed by atoms with van der Waals surface area (Å²) in [6.07, 6.45) is 2.21. The van der Waals surface area contributed by atoms with Gasteiger partial charge in [-0.25, -0.2) is 9.37 Å². The fourth-order valence-electron chi connectivity index (χ4n) is 2.17. The van der Waals surface area contributed by atoms with Gasteiger partial charge in [0.05, 0.1) is 16.8 Å². The van der Waals surface area contributed by atoms with Crippen molar-refractivity contribution >= 4 is 22.9 Å². The van der Waals surface area contributed by atoms with Crippen molar-refractivity contribution in [2.75, 3.05) is 0 Å². The Morgan fingerprint density at radius 2 is 2.28 bits per heavy atom. The Morgan fingerprint density at radius 3 is 3.00 bits per heavy atom. The Morgan fingerprint density at radius 1 is 1.44 bits per heavy atom. The quantitative estimate of drug-likeness (QED) is 0.859. The van der Waals surface area contributed by atoms with E-state index < -0.39 is 6.10 Å². The van der Waals surface area contributed by atoms with Gasteiger partial charge in [0.2, 0.25) is 0 Å². The van der Waals surface area contributed by atoms with Gasteiger partial charge in [0.15, 0.2) is 0 Å². The molecule has 0 saturated heterocycles. The van der Waals surface area contributed by atoms with Crippen molar-refractivity contribution < 1.29 is 9.50 Å². The summed E-state index contributed by atoms with van der Waals surface area (Å²) in [5, 5.41) is 11.0. The molecule has 0 radical (unpaired) electrons. The van der Waals surface area contributed by atoms with E-state index in [1.165, 1.54) is 23.5 Å². The van der Waals surface area contributed by atoms with Crippen LogP contribution in [-0.4, -0.2) is 10.1 Å². The molecule has 1 aliphatic carbocycles. The van der Waals surface area contributed by atoms with Gasteiger partial charge < -0.3 is 5.11 Å². The molecule has 1 unspecified atom stereocenters. The number of aliphatic hydroxyl groups excluding tert-OH is 1. The van der Waals surface area contributed by atoms with Crippen LogP contribution in [0.25, 0.3) is 10.6 Å². The first-order valence-corrected chi connectivity index (χ1v) is 6.97. The van der Waals surface area contributed by atoms with Gasteiger partial charge in [-0.15, -0.1) is 11.3 Å². The number of fused-ring (bicyclic) bond motifs is 1. The van der Waals surface area contributed by atoms with Gasteiger partial charge in [-0.05, 0) is 37.5 Å². The Hall–Kier alpha value is -0.970. The van der Waals surface area contributed by atoms with Crippen LogP contribution in [-0.2, 0) is 6.42 Å². The van der Waals surface area contributed by atoms with Crippen LogP contribution in [0.2, 0.25) is 5.02 Å². The van der Waals surface area contributed by atoms with E-state index in [9.17, 15) is 9.50 Å². The minimum Gasteiger partial charge on any atom is -0.387 e. The van der Waals surface area contributed by atoms with E-state index in [4.69, 9.17) is 11.6 Å². The summed E-state index contributed by atoms with van der Waals surface area (Å²) in [4.78, 5) is 5.57. The van der Waals surface area contributed by atoms with Crippen LogP contribution in [0.4, 0.5) is 4.39 Å². The molecule has 0 fully saturated rings. The number of hydrogen-bond donors (Lipinski definition) is 1. The van der Waals surface area contributed by atoms with E-state index in [0.717, 1.165) is 40.4 Å².